The summed E-state index contributed by atoms with van der Waals surface area (Å²) in [4.78, 5) is 11.9. The number of hydrogen-bond donors (Lipinski definition) is 1. The Morgan fingerprint density at radius 2 is 2.29 bits per heavy atom. The van der Waals surface area contributed by atoms with Crippen LogP contribution in [-0.2, 0) is 0 Å². The molecule has 0 unspecified atom stereocenters. The number of hydrogen-bond acceptors (Lipinski definition) is 6. The molecule has 2 N–H and O–H groups in total. The van der Waals surface area contributed by atoms with Gasteiger partial charge in [0, 0.05) is 12.4 Å². The molecule has 0 aliphatic carbocycles. The molecule has 17 heavy (non-hydrogen) atoms. The maximum atomic E-state index is 5.57. The minimum atomic E-state index is 0.0981. The van der Waals surface area contributed by atoms with Gasteiger partial charge >= 0.3 is 6.01 Å². The summed E-state index contributed by atoms with van der Waals surface area (Å²) in [6, 6.07) is 1.95. The SMILES string of the molecule is C/C=C/COc1nc(N)nc(-n2cccn2)n1. The number of aromatic nitrogens is 5. The monoisotopic (exact) mass is 232 g/mol. The summed E-state index contributed by atoms with van der Waals surface area (Å²) in [5.74, 6) is 0.430. The summed E-state index contributed by atoms with van der Waals surface area (Å²) in [6.07, 6.45) is 7.05. The van der Waals surface area contributed by atoms with E-state index in [9.17, 15) is 0 Å². The van der Waals surface area contributed by atoms with Gasteiger partial charge in [0.15, 0.2) is 0 Å². The highest BCUT2D eigenvalue weighted by atomic mass is 16.5. The molecule has 7 nitrogen and oxygen atoms in total. The van der Waals surface area contributed by atoms with Crippen molar-refractivity contribution in [3.8, 4) is 12.0 Å². The van der Waals surface area contributed by atoms with Gasteiger partial charge in [-0.3, -0.25) is 0 Å². The number of nitrogens with two attached hydrogens (primary N) is 1. The topological polar surface area (TPSA) is 91.7 Å². The zero-order valence-corrected chi connectivity index (χ0v) is 9.32. The van der Waals surface area contributed by atoms with Gasteiger partial charge in [0.25, 0.3) is 5.95 Å². The minimum absolute atomic E-state index is 0.0981. The van der Waals surface area contributed by atoms with E-state index in [-0.39, 0.29) is 12.0 Å². The molecule has 0 aliphatic rings. The third-order valence-electron chi connectivity index (χ3n) is 1.87. The van der Waals surface area contributed by atoms with Crippen LogP contribution in [-0.4, -0.2) is 31.3 Å². The molecule has 0 spiro atoms. The number of nitrogens with zero attached hydrogens (tertiary/aromatic N) is 5. The van der Waals surface area contributed by atoms with Crippen molar-refractivity contribution in [2.75, 3.05) is 12.3 Å². The summed E-state index contributed by atoms with van der Waals surface area (Å²) in [7, 11) is 0. The Morgan fingerprint density at radius 3 is 3.00 bits per heavy atom. The van der Waals surface area contributed by atoms with Crippen LogP contribution in [0.4, 0.5) is 5.95 Å². The van der Waals surface area contributed by atoms with Crippen molar-refractivity contribution in [2.45, 2.75) is 6.92 Å². The molecule has 0 amide bonds. The predicted octanol–water partition coefficient (Wildman–Crippen LogP) is 0.594. The first kappa shape index (κ1) is 11.1. The van der Waals surface area contributed by atoms with Gasteiger partial charge in [0.1, 0.15) is 6.61 Å². The number of nitrogen functional groups attached to an aromatic ring is 1. The average molecular weight is 232 g/mol. The third-order valence-corrected chi connectivity index (χ3v) is 1.87. The smallest absolute Gasteiger partial charge is 0.323 e. The standard InChI is InChI=1S/C10H12N6O/c1-2-3-7-17-10-14-8(11)13-9(15-10)16-6-4-5-12-16/h2-6H,7H2,1H3,(H2,11,13,14,15)/b3-2+. The van der Waals surface area contributed by atoms with Crippen molar-refractivity contribution >= 4 is 5.95 Å². The van der Waals surface area contributed by atoms with Crippen molar-refractivity contribution in [1.29, 1.82) is 0 Å². The molecule has 0 fully saturated rings. The first-order chi connectivity index (χ1) is 8.29. The molecule has 0 radical (unpaired) electrons. The van der Waals surface area contributed by atoms with E-state index in [4.69, 9.17) is 10.5 Å². The van der Waals surface area contributed by atoms with Gasteiger partial charge in [-0.2, -0.15) is 20.1 Å². The first-order valence-electron chi connectivity index (χ1n) is 5.05. The predicted molar refractivity (Wildman–Crippen MR) is 61.7 cm³/mol. The number of rotatable bonds is 4. The highest BCUT2D eigenvalue weighted by molar-refractivity contribution is 5.24. The normalized spacial score (nSPS) is 10.9. The molecular weight excluding hydrogens is 220 g/mol. The van der Waals surface area contributed by atoms with Gasteiger partial charge in [-0.25, -0.2) is 4.68 Å². The van der Waals surface area contributed by atoms with E-state index in [1.165, 1.54) is 4.68 Å². The Labute approximate surface area is 98.0 Å². The van der Waals surface area contributed by atoms with Gasteiger partial charge in [-0.05, 0) is 13.0 Å². The Bertz CT molecular complexity index is 508. The summed E-state index contributed by atoms with van der Waals surface area (Å²) in [5, 5.41) is 4.00. The molecule has 2 rings (SSSR count). The fourth-order valence-corrected chi connectivity index (χ4v) is 1.13. The molecule has 88 valence electrons. The molecular formula is C10H12N6O. The summed E-state index contributed by atoms with van der Waals surface area (Å²) >= 11 is 0. The largest absolute Gasteiger partial charge is 0.459 e. The molecule has 2 heterocycles. The Kier molecular flexibility index (Phi) is 3.29. The van der Waals surface area contributed by atoms with E-state index in [1.54, 1.807) is 18.5 Å². The van der Waals surface area contributed by atoms with Crippen molar-refractivity contribution in [3.05, 3.63) is 30.6 Å². The number of allylic oxidation sites excluding steroid dienone is 1. The Hall–Kier alpha value is -2.44. The van der Waals surface area contributed by atoms with E-state index in [1.807, 2.05) is 19.1 Å². The van der Waals surface area contributed by atoms with Crippen molar-refractivity contribution < 1.29 is 4.74 Å². The quantitative estimate of drug-likeness (QED) is 0.776. The molecule has 0 aliphatic heterocycles. The van der Waals surface area contributed by atoms with Crippen LogP contribution in [0.3, 0.4) is 0 Å². The molecule has 0 saturated heterocycles. The van der Waals surface area contributed by atoms with Crippen molar-refractivity contribution in [2.24, 2.45) is 0 Å². The van der Waals surface area contributed by atoms with Crippen LogP contribution in [0.1, 0.15) is 6.92 Å². The fraction of sp³-hybridized carbons (Fsp3) is 0.200. The van der Waals surface area contributed by atoms with Crippen molar-refractivity contribution in [3.63, 3.8) is 0 Å². The van der Waals surface area contributed by atoms with Crippen LogP contribution < -0.4 is 10.5 Å². The maximum Gasteiger partial charge on any atom is 0.323 e. The molecule has 2 aromatic heterocycles. The van der Waals surface area contributed by atoms with Crippen LogP contribution in [0, 0.1) is 0 Å². The second-order valence-corrected chi connectivity index (χ2v) is 3.11. The van der Waals surface area contributed by atoms with Crippen molar-refractivity contribution in [1.82, 2.24) is 24.7 Å². The zero-order chi connectivity index (χ0) is 12.1. The molecule has 0 aromatic carbocycles. The van der Waals surface area contributed by atoms with Gasteiger partial charge < -0.3 is 10.5 Å². The fourth-order valence-electron chi connectivity index (χ4n) is 1.13. The Balaban J connectivity index is 2.23. The van der Waals surface area contributed by atoms with E-state index >= 15 is 0 Å². The zero-order valence-electron chi connectivity index (χ0n) is 9.32. The van der Waals surface area contributed by atoms with E-state index in [0.717, 1.165) is 0 Å². The van der Waals surface area contributed by atoms with Crippen LogP contribution in [0.25, 0.3) is 5.95 Å². The summed E-state index contributed by atoms with van der Waals surface area (Å²) in [6.45, 7) is 2.29. The van der Waals surface area contributed by atoms with Gasteiger partial charge in [0.05, 0.1) is 0 Å². The van der Waals surface area contributed by atoms with Crippen LogP contribution >= 0.6 is 0 Å². The highest BCUT2D eigenvalue weighted by Gasteiger charge is 2.06. The van der Waals surface area contributed by atoms with Crippen LogP contribution in [0.5, 0.6) is 6.01 Å². The lowest BCUT2D eigenvalue weighted by Gasteiger charge is -2.04. The number of ether oxygens (including phenoxy) is 1. The minimum Gasteiger partial charge on any atom is -0.459 e. The van der Waals surface area contributed by atoms with E-state index < -0.39 is 0 Å². The average Bonchev–Trinajstić information content (AvgIpc) is 2.82. The van der Waals surface area contributed by atoms with Crippen LogP contribution in [0.15, 0.2) is 30.6 Å². The lowest BCUT2D eigenvalue weighted by atomic mass is 10.6. The second kappa shape index (κ2) is 5.06. The van der Waals surface area contributed by atoms with E-state index in [0.29, 0.717) is 12.6 Å². The van der Waals surface area contributed by atoms with E-state index in [2.05, 4.69) is 20.1 Å². The number of anilines is 1. The van der Waals surface area contributed by atoms with Gasteiger partial charge in [-0.15, -0.1) is 0 Å². The summed E-state index contributed by atoms with van der Waals surface area (Å²) < 4.78 is 6.78. The maximum absolute atomic E-state index is 5.57. The molecule has 0 bridgehead atoms. The lowest BCUT2D eigenvalue weighted by Crippen LogP contribution is -2.09. The molecule has 0 saturated carbocycles. The Morgan fingerprint density at radius 1 is 1.41 bits per heavy atom. The van der Waals surface area contributed by atoms with Gasteiger partial charge in [-0.1, -0.05) is 12.2 Å². The lowest BCUT2D eigenvalue weighted by molar-refractivity contribution is 0.331. The third kappa shape index (κ3) is 2.77. The highest BCUT2D eigenvalue weighted by Crippen LogP contribution is 2.08. The van der Waals surface area contributed by atoms with Crippen LogP contribution in [0.2, 0.25) is 0 Å². The summed E-state index contributed by atoms with van der Waals surface area (Å²) in [5.41, 5.74) is 5.57. The molecule has 2 aromatic rings. The first-order valence-corrected chi connectivity index (χ1v) is 5.05. The molecule has 0 atom stereocenters. The van der Waals surface area contributed by atoms with Gasteiger partial charge in [0.2, 0.25) is 5.95 Å². The second-order valence-electron chi connectivity index (χ2n) is 3.11. The molecule has 7 heteroatoms.